The van der Waals surface area contributed by atoms with Crippen molar-refractivity contribution in [3.8, 4) is 0 Å². The van der Waals surface area contributed by atoms with Gasteiger partial charge in [0.05, 0.1) is 23.2 Å². The number of anilines is 2. The zero-order valence-corrected chi connectivity index (χ0v) is 16.5. The molecule has 7 heteroatoms. The lowest BCUT2D eigenvalue weighted by Gasteiger charge is -2.15. The number of rotatable bonds is 4. The van der Waals surface area contributed by atoms with E-state index in [1.54, 1.807) is 66.7 Å². The average molecular weight is 425 g/mol. The van der Waals surface area contributed by atoms with Gasteiger partial charge in [-0.2, -0.15) is 0 Å². The Morgan fingerprint density at radius 1 is 0.862 bits per heavy atom. The van der Waals surface area contributed by atoms with Crippen LogP contribution in [0.2, 0.25) is 10.0 Å². The molecule has 0 aromatic heterocycles. The number of hydrogen-bond acceptors (Lipinski definition) is 3. The van der Waals surface area contributed by atoms with Gasteiger partial charge in [0.25, 0.3) is 11.8 Å². The molecular weight excluding hydrogens is 411 g/mol. The summed E-state index contributed by atoms with van der Waals surface area (Å²) < 4.78 is 0. The number of nitrogens with one attached hydrogen (secondary N) is 1. The standard InChI is InChI=1S/C22H14Cl2N2O3/c23-14-9-8-13(19(24)11-14)10-20(27)25-15-4-3-5-16(12-15)26-21(28)17-6-1-2-7-18(17)22(26)29/h1-9,11-12H,10H2,(H,25,27). The fourth-order valence-corrected chi connectivity index (χ4v) is 3.67. The van der Waals surface area contributed by atoms with Gasteiger partial charge in [-0.15, -0.1) is 0 Å². The largest absolute Gasteiger partial charge is 0.326 e. The van der Waals surface area contributed by atoms with Gasteiger partial charge in [0.1, 0.15) is 0 Å². The number of nitrogens with zero attached hydrogens (tertiary/aromatic N) is 1. The highest BCUT2D eigenvalue weighted by molar-refractivity contribution is 6.35. The first-order valence-corrected chi connectivity index (χ1v) is 9.51. The molecule has 3 aromatic carbocycles. The fraction of sp³-hybridized carbons (Fsp3) is 0.0455. The van der Waals surface area contributed by atoms with Crippen molar-refractivity contribution >= 4 is 52.3 Å². The van der Waals surface area contributed by atoms with E-state index in [0.29, 0.717) is 38.1 Å². The minimum Gasteiger partial charge on any atom is -0.326 e. The maximum absolute atomic E-state index is 12.6. The predicted octanol–water partition coefficient (Wildman–Crippen LogP) is 4.98. The number of fused-ring (bicyclic) bond motifs is 1. The zero-order chi connectivity index (χ0) is 20.5. The van der Waals surface area contributed by atoms with Crippen molar-refractivity contribution in [2.75, 3.05) is 10.2 Å². The van der Waals surface area contributed by atoms with Crippen molar-refractivity contribution in [3.05, 3.63) is 93.5 Å². The van der Waals surface area contributed by atoms with E-state index >= 15 is 0 Å². The molecule has 29 heavy (non-hydrogen) atoms. The predicted molar refractivity (Wildman–Crippen MR) is 113 cm³/mol. The molecule has 144 valence electrons. The van der Waals surface area contributed by atoms with Crippen LogP contribution >= 0.6 is 23.2 Å². The first-order valence-electron chi connectivity index (χ1n) is 8.76. The molecule has 0 saturated carbocycles. The van der Waals surface area contributed by atoms with Crippen molar-refractivity contribution in [1.29, 1.82) is 0 Å². The van der Waals surface area contributed by atoms with Gasteiger partial charge in [0, 0.05) is 15.7 Å². The third-order valence-corrected chi connectivity index (χ3v) is 5.14. The minimum atomic E-state index is -0.387. The summed E-state index contributed by atoms with van der Waals surface area (Å²) >= 11 is 12.0. The van der Waals surface area contributed by atoms with Crippen LogP contribution in [0.4, 0.5) is 11.4 Å². The Labute approximate surface area is 176 Å². The van der Waals surface area contributed by atoms with Crippen LogP contribution in [0, 0.1) is 0 Å². The van der Waals surface area contributed by atoms with E-state index < -0.39 is 0 Å². The van der Waals surface area contributed by atoms with Crippen LogP contribution in [0.5, 0.6) is 0 Å². The van der Waals surface area contributed by atoms with Crippen molar-refractivity contribution in [3.63, 3.8) is 0 Å². The number of amides is 3. The summed E-state index contributed by atoms with van der Waals surface area (Å²) in [6.45, 7) is 0. The molecule has 1 heterocycles. The molecule has 0 radical (unpaired) electrons. The van der Waals surface area contributed by atoms with Crippen LogP contribution in [0.15, 0.2) is 66.7 Å². The van der Waals surface area contributed by atoms with Gasteiger partial charge in [-0.3, -0.25) is 14.4 Å². The van der Waals surface area contributed by atoms with Gasteiger partial charge in [-0.1, -0.05) is 47.5 Å². The average Bonchev–Trinajstić information content (AvgIpc) is 2.95. The Bertz CT molecular complexity index is 1130. The Morgan fingerprint density at radius 2 is 1.55 bits per heavy atom. The summed E-state index contributed by atoms with van der Waals surface area (Å²) in [5.74, 6) is -1.06. The number of hydrogen-bond donors (Lipinski definition) is 1. The van der Waals surface area contributed by atoms with Crippen LogP contribution in [0.1, 0.15) is 26.3 Å². The lowest BCUT2D eigenvalue weighted by Crippen LogP contribution is -2.29. The number of imide groups is 1. The van der Waals surface area contributed by atoms with Crippen molar-refractivity contribution in [2.24, 2.45) is 0 Å². The molecule has 0 aliphatic carbocycles. The van der Waals surface area contributed by atoms with Gasteiger partial charge in [-0.25, -0.2) is 4.90 Å². The molecule has 0 atom stereocenters. The lowest BCUT2D eigenvalue weighted by molar-refractivity contribution is -0.115. The second-order valence-corrected chi connectivity index (χ2v) is 7.35. The highest BCUT2D eigenvalue weighted by atomic mass is 35.5. The van der Waals surface area contributed by atoms with Gasteiger partial charge < -0.3 is 5.32 Å². The highest BCUT2D eigenvalue weighted by Gasteiger charge is 2.36. The number of carbonyl (C=O) groups excluding carboxylic acids is 3. The molecule has 1 aliphatic rings. The quantitative estimate of drug-likeness (QED) is 0.600. The molecular formula is C22H14Cl2N2O3. The van der Waals surface area contributed by atoms with Crippen molar-refractivity contribution in [2.45, 2.75) is 6.42 Å². The fourth-order valence-electron chi connectivity index (χ4n) is 3.19. The van der Waals surface area contributed by atoms with Gasteiger partial charge >= 0.3 is 0 Å². The van der Waals surface area contributed by atoms with Crippen LogP contribution in [0.25, 0.3) is 0 Å². The van der Waals surface area contributed by atoms with Crippen molar-refractivity contribution in [1.82, 2.24) is 0 Å². The van der Waals surface area contributed by atoms with Crippen LogP contribution in [0.3, 0.4) is 0 Å². The zero-order valence-electron chi connectivity index (χ0n) is 15.0. The topological polar surface area (TPSA) is 66.5 Å². The van der Waals surface area contributed by atoms with E-state index in [2.05, 4.69) is 5.32 Å². The molecule has 3 aromatic rings. The molecule has 4 rings (SSSR count). The van der Waals surface area contributed by atoms with E-state index in [9.17, 15) is 14.4 Å². The third kappa shape index (κ3) is 3.75. The Morgan fingerprint density at radius 3 is 2.21 bits per heavy atom. The molecule has 3 amide bonds. The van der Waals surface area contributed by atoms with E-state index in [4.69, 9.17) is 23.2 Å². The first-order chi connectivity index (χ1) is 13.9. The molecule has 0 bridgehead atoms. The van der Waals surface area contributed by atoms with Gasteiger partial charge in [-0.05, 0) is 48.0 Å². The SMILES string of the molecule is O=C(Cc1ccc(Cl)cc1Cl)Nc1cccc(N2C(=O)c3ccccc3C2=O)c1. The summed E-state index contributed by atoms with van der Waals surface area (Å²) in [7, 11) is 0. The van der Waals surface area contributed by atoms with E-state index in [0.717, 1.165) is 4.90 Å². The smallest absolute Gasteiger partial charge is 0.266 e. The summed E-state index contributed by atoms with van der Waals surface area (Å²) in [6, 6.07) is 18.2. The maximum Gasteiger partial charge on any atom is 0.266 e. The third-order valence-electron chi connectivity index (χ3n) is 4.55. The monoisotopic (exact) mass is 424 g/mol. The molecule has 1 aliphatic heterocycles. The second-order valence-electron chi connectivity index (χ2n) is 6.50. The summed E-state index contributed by atoms with van der Waals surface area (Å²) in [5.41, 5.74) is 2.23. The number of carbonyl (C=O) groups is 3. The molecule has 0 fully saturated rings. The Hall–Kier alpha value is -3.15. The van der Waals surface area contributed by atoms with Crippen molar-refractivity contribution < 1.29 is 14.4 Å². The Balaban J connectivity index is 1.53. The first kappa shape index (κ1) is 19.2. The van der Waals surface area contributed by atoms with E-state index in [-0.39, 0.29) is 24.1 Å². The molecule has 1 N–H and O–H groups in total. The molecule has 0 unspecified atom stereocenters. The highest BCUT2D eigenvalue weighted by Crippen LogP contribution is 2.30. The van der Waals surface area contributed by atoms with Gasteiger partial charge in [0.2, 0.25) is 5.91 Å². The summed E-state index contributed by atoms with van der Waals surface area (Å²) in [6.07, 6.45) is 0.0627. The molecule has 0 spiro atoms. The summed E-state index contributed by atoms with van der Waals surface area (Å²) in [4.78, 5) is 38.8. The normalized spacial score (nSPS) is 12.8. The number of halogens is 2. The molecule has 0 saturated heterocycles. The Kier molecular flexibility index (Phi) is 5.09. The maximum atomic E-state index is 12.6. The van der Waals surface area contributed by atoms with Crippen LogP contribution in [-0.2, 0) is 11.2 Å². The molecule has 5 nitrogen and oxygen atoms in total. The lowest BCUT2D eigenvalue weighted by atomic mass is 10.1. The van der Waals surface area contributed by atoms with E-state index in [1.807, 2.05) is 0 Å². The summed E-state index contributed by atoms with van der Waals surface area (Å²) in [5, 5.41) is 3.67. The van der Waals surface area contributed by atoms with Crippen LogP contribution in [-0.4, -0.2) is 17.7 Å². The number of benzene rings is 3. The van der Waals surface area contributed by atoms with E-state index in [1.165, 1.54) is 0 Å². The minimum absolute atomic E-state index is 0.0627. The van der Waals surface area contributed by atoms with Gasteiger partial charge in [0.15, 0.2) is 0 Å². The van der Waals surface area contributed by atoms with Crippen LogP contribution < -0.4 is 10.2 Å². The second kappa shape index (κ2) is 7.70.